The molecule has 2 N–H and O–H groups in total. The molecule has 1 aliphatic heterocycles. The summed E-state index contributed by atoms with van der Waals surface area (Å²) >= 11 is 0. The summed E-state index contributed by atoms with van der Waals surface area (Å²) in [6, 6.07) is 6.36. The maximum Gasteiger partial charge on any atom is 0.321 e. The first-order valence-electron chi connectivity index (χ1n) is 7.40. The van der Waals surface area contributed by atoms with Crippen molar-refractivity contribution in [2.75, 3.05) is 32.5 Å². The second-order valence-corrected chi connectivity index (χ2v) is 6.04. The van der Waals surface area contributed by atoms with Crippen LogP contribution in [0.25, 0.3) is 0 Å². The first-order chi connectivity index (χ1) is 10.8. The molecule has 0 spiro atoms. The summed E-state index contributed by atoms with van der Waals surface area (Å²) in [5.74, 6) is -1.70. The fourth-order valence-corrected chi connectivity index (χ4v) is 2.60. The molecule has 0 radical (unpaired) electrons. The van der Waals surface area contributed by atoms with Crippen LogP contribution in [-0.4, -0.2) is 60.0 Å². The van der Waals surface area contributed by atoms with Crippen molar-refractivity contribution in [1.29, 1.82) is 0 Å². The van der Waals surface area contributed by atoms with Gasteiger partial charge in [0.2, 0.25) is 0 Å². The van der Waals surface area contributed by atoms with E-state index < -0.39 is 11.9 Å². The van der Waals surface area contributed by atoms with Crippen LogP contribution in [0.3, 0.4) is 0 Å². The number of carboxylic acids is 1. The van der Waals surface area contributed by atoms with E-state index in [4.69, 9.17) is 5.11 Å². The molecule has 1 aliphatic rings. The van der Waals surface area contributed by atoms with E-state index in [-0.39, 0.29) is 24.4 Å². The van der Waals surface area contributed by atoms with Crippen LogP contribution in [0.1, 0.15) is 17.3 Å². The van der Waals surface area contributed by atoms with E-state index in [2.05, 4.69) is 5.32 Å². The topological polar surface area (TPSA) is 90.0 Å². The first kappa shape index (κ1) is 16.8. The number of likely N-dealkylation sites (tertiary alicyclic amines) is 1. The molecule has 0 saturated carbocycles. The molecule has 0 bridgehead atoms. The van der Waals surface area contributed by atoms with Gasteiger partial charge < -0.3 is 20.2 Å². The molecular weight excluding hydrogens is 298 g/mol. The number of benzene rings is 1. The summed E-state index contributed by atoms with van der Waals surface area (Å²) in [6.07, 6.45) is 0. The number of rotatable bonds is 3. The molecule has 0 unspecified atom stereocenters. The van der Waals surface area contributed by atoms with Crippen LogP contribution in [-0.2, 0) is 4.79 Å². The molecule has 7 heteroatoms. The van der Waals surface area contributed by atoms with Gasteiger partial charge >= 0.3 is 12.0 Å². The normalized spacial score (nSPS) is 20.2. The molecule has 0 aliphatic carbocycles. The minimum Gasteiger partial charge on any atom is -0.481 e. The molecule has 0 aromatic heterocycles. The van der Waals surface area contributed by atoms with Crippen LogP contribution in [0.4, 0.5) is 10.5 Å². The molecule has 7 nitrogen and oxygen atoms in total. The van der Waals surface area contributed by atoms with E-state index in [9.17, 15) is 14.4 Å². The number of urea groups is 1. The van der Waals surface area contributed by atoms with E-state index in [1.165, 1.54) is 4.90 Å². The highest BCUT2D eigenvalue weighted by atomic mass is 16.4. The molecule has 2 rings (SSSR count). The quantitative estimate of drug-likeness (QED) is 0.885. The van der Waals surface area contributed by atoms with E-state index >= 15 is 0 Å². The zero-order valence-electron chi connectivity index (χ0n) is 13.4. The number of carboxylic acid groups (broad SMARTS) is 1. The molecule has 1 aromatic carbocycles. The standard InChI is InChI=1S/C16H21N3O4/c1-10-8-19(9-13(10)15(21)22)14(20)11-5-4-6-12(7-11)17-16(23)18(2)3/h4-7,10,13H,8-9H2,1-3H3,(H,17,23)(H,21,22)/t10-,13-/m1/s1. The molecule has 1 fully saturated rings. The third-order valence-electron chi connectivity index (χ3n) is 3.98. The Morgan fingerprint density at radius 3 is 2.52 bits per heavy atom. The molecule has 23 heavy (non-hydrogen) atoms. The van der Waals surface area contributed by atoms with Crippen molar-refractivity contribution in [3.63, 3.8) is 0 Å². The van der Waals surface area contributed by atoms with E-state index in [1.54, 1.807) is 43.3 Å². The molecule has 1 heterocycles. The zero-order chi connectivity index (χ0) is 17.1. The number of anilines is 1. The number of hydrogen-bond acceptors (Lipinski definition) is 3. The van der Waals surface area contributed by atoms with Gasteiger partial charge in [-0.25, -0.2) is 4.79 Å². The van der Waals surface area contributed by atoms with Gasteiger partial charge in [-0.05, 0) is 24.1 Å². The molecule has 124 valence electrons. The van der Waals surface area contributed by atoms with Crippen LogP contribution in [0, 0.1) is 11.8 Å². The minimum absolute atomic E-state index is 0.0759. The lowest BCUT2D eigenvalue weighted by molar-refractivity contribution is -0.142. The Morgan fingerprint density at radius 2 is 1.96 bits per heavy atom. The Kier molecular flexibility index (Phi) is 4.88. The van der Waals surface area contributed by atoms with Gasteiger partial charge in [0.1, 0.15) is 0 Å². The highest BCUT2D eigenvalue weighted by Gasteiger charge is 2.37. The number of amides is 3. The summed E-state index contributed by atoms with van der Waals surface area (Å²) in [5, 5.41) is 11.8. The van der Waals surface area contributed by atoms with Crippen molar-refractivity contribution in [3.05, 3.63) is 29.8 Å². The maximum absolute atomic E-state index is 12.5. The lowest BCUT2D eigenvalue weighted by Crippen LogP contribution is -2.30. The largest absolute Gasteiger partial charge is 0.481 e. The summed E-state index contributed by atoms with van der Waals surface area (Å²) in [7, 11) is 3.25. The fraction of sp³-hybridized carbons (Fsp3) is 0.438. The number of carbonyl (C=O) groups excluding carboxylic acids is 2. The van der Waals surface area contributed by atoms with E-state index in [0.717, 1.165) is 0 Å². The molecule has 3 amide bonds. The van der Waals surface area contributed by atoms with Crippen molar-refractivity contribution in [2.24, 2.45) is 11.8 Å². The maximum atomic E-state index is 12.5. The smallest absolute Gasteiger partial charge is 0.321 e. The fourth-order valence-electron chi connectivity index (χ4n) is 2.60. The third-order valence-corrected chi connectivity index (χ3v) is 3.98. The highest BCUT2D eigenvalue weighted by molar-refractivity contribution is 5.97. The third kappa shape index (κ3) is 3.80. The van der Waals surface area contributed by atoms with Crippen LogP contribution >= 0.6 is 0 Å². The lowest BCUT2D eigenvalue weighted by atomic mass is 9.99. The number of carbonyl (C=O) groups is 3. The molecular formula is C16H21N3O4. The monoisotopic (exact) mass is 319 g/mol. The summed E-state index contributed by atoms with van der Waals surface area (Å²) in [5.41, 5.74) is 0.955. The van der Waals surface area contributed by atoms with Gasteiger partial charge in [-0.2, -0.15) is 0 Å². The second-order valence-electron chi connectivity index (χ2n) is 6.04. The van der Waals surface area contributed by atoms with Gasteiger partial charge in [0.15, 0.2) is 0 Å². The minimum atomic E-state index is -0.875. The first-order valence-corrected chi connectivity index (χ1v) is 7.40. The van der Waals surface area contributed by atoms with Crippen molar-refractivity contribution in [3.8, 4) is 0 Å². The van der Waals surface area contributed by atoms with E-state index in [0.29, 0.717) is 17.8 Å². The number of nitrogens with zero attached hydrogens (tertiary/aromatic N) is 2. The van der Waals surface area contributed by atoms with Gasteiger partial charge in [-0.1, -0.05) is 13.0 Å². The van der Waals surface area contributed by atoms with Crippen LogP contribution < -0.4 is 5.32 Å². The predicted molar refractivity (Wildman–Crippen MR) is 85.3 cm³/mol. The Bertz CT molecular complexity index is 630. The number of aliphatic carboxylic acids is 1. The van der Waals surface area contributed by atoms with Gasteiger partial charge in [0, 0.05) is 38.4 Å². The van der Waals surface area contributed by atoms with Crippen molar-refractivity contribution < 1.29 is 19.5 Å². The van der Waals surface area contributed by atoms with Gasteiger partial charge in [0.05, 0.1) is 5.92 Å². The molecule has 2 atom stereocenters. The van der Waals surface area contributed by atoms with Crippen LogP contribution in [0.15, 0.2) is 24.3 Å². The van der Waals surface area contributed by atoms with Gasteiger partial charge in [-0.3, -0.25) is 9.59 Å². The van der Waals surface area contributed by atoms with Crippen LogP contribution in [0.2, 0.25) is 0 Å². The molecule has 1 saturated heterocycles. The SMILES string of the molecule is C[C@@H]1CN(C(=O)c2cccc(NC(=O)N(C)C)c2)C[C@H]1C(=O)O. The Balaban J connectivity index is 2.11. The Morgan fingerprint density at radius 1 is 1.26 bits per heavy atom. The highest BCUT2D eigenvalue weighted by Crippen LogP contribution is 2.25. The Labute approximate surface area is 134 Å². The predicted octanol–water partition coefficient (Wildman–Crippen LogP) is 1.57. The van der Waals surface area contributed by atoms with Crippen LogP contribution in [0.5, 0.6) is 0 Å². The second kappa shape index (κ2) is 6.68. The van der Waals surface area contributed by atoms with Gasteiger partial charge in [-0.15, -0.1) is 0 Å². The average Bonchev–Trinajstić information content (AvgIpc) is 2.88. The average molecular weight is 319 g/mol. The van der Waals surface area contributed by atoms with E-state index in [1.807, 2.05) is 6.92 Å². The summed E-state index contributed by atoms with van der Waals surface area (Å²) in [6.45, 7) is 2.47. The number of nitrogens with one attached hydrogen (secondary N) is 1. The number of hydrogen-bond donors (Lipinski definition) is 2. The van der Waals surface area contributed by atoms with Crippen molar-refractivity contribution in [1.82, 2.24) is 9.80 Å². The summed E-state index contributed by atoms with van der Waals surface area (Å²) < 4.78 is 0. The van der Waals surface area contributed by atoms with Crippen molar-refractivity contribution in [2.45, 2.75) is 6.92 Å². The van der Waals surface area contributed by atoms with Gasteiger partial charge in [0.25, 0.3) is 5.91 Å². The van der Waals surface area contributed by atoms with Crippen molar-refractivity contribution >= 4 is 23.6 Å². The summed E-state index contributed by atoms with van der Waals surface area (Å²) in [4.78, 5) is 38.3. The zero-order valence-corrected chi connectivity index (χ0v) is 13.4. The lowest BCUT2D eigenvalue weighted by Gasteiger charge is -2.17. The Hall–Kier alpha value is -2.57. The molecule has 1 aromatic rings.